The van der Waals surface area contributed by atoms with Crippen molar-refractivity contribution in [3.05, 3.63) is 65.2 Å². The van der Waals surface area contributed by atoms with Gasteiger partial charge in [0.25, 0.3) is 0 Å². The van der Waals surface area contributed by atoms with E-state index in [-0.39, 0.29) is 17.9 Å². The van der Waals surface area contributed by atoms with Crippen molar-refractivity contribution in [2.45, 2.75) is 6.92 Å². The molecule has 0 spiro atoms. The monoisotopic (exact) mass is 349 g/mol. The lowest BCUT2D eigenvalue weighted by molar-refractivity contribution is 0.0528. The summed E-state index contributed by atoms with van der Waals surface area (Å²) < 4.78 is 59.2. The molecule has 0 unspecified atom stereocenters. The number of pyridine rings is 1. The standard InChI is InChI=1S/C18H11F4NO2/c1-2-25-18(24)10-8-14(23-13-6-4-3-5-9(10)13)11-7-12(19)16(21)17(22)15(11)20/h3-8H,2H2,1H3. The highest BCUT2D eigenvalue weighted by Crippen LogP contribution is 2.30. The van der Waals surface area contributed by atoms with Crippen LogP contribution < -0.4 is 0 Å². The van der Waals surface area contributed by atoms with Crippen molar-refractivity contribution in [1.29, 1.82) is 0 Å². The summed E-state index contributed by atoms with van der Waals surface area (Å²) in [5, 5.41) is 0.438. The number of nitrogens with zero attached hydrogens (tertiary/aromatic N) is 1. The van der Waals surface area contributed by atoms with Crippen molar-refractivity contribution in [1.82, 2.24) is 4.98 Å². The Morgan fingerprint density at radius 3 is 2.48 bits per heavy atom. The molecule has 0 radical (unpaired) electrons. The van der Waals surface area contributed by atoms with E-state index in [4.69, 9.17) is 4.74 Å². The Labute approximate surface area is 139 Å². The van der Waals surface area contributed by atoms with Crippen LogP contribution in [0.4, 0.5) is 17.6 Å². The summed E-state index contributed by atoms with van der Waals surface area (Å²) in [5.41, 5.74) is -0.440. The van der Waals surface area contributed by atoms with Crippen molar-refractivity contribution in [2.75, 3.05) is 6.61 Å². The van der Waals surface area contributed by atoms with Gasteiger partial charge in [0, 0.05) is 10.9 Å². The minimum Gasteiger partial charge on any atom is -0.462 e. The van der Waals surface area contributed by atoms with Crippen LogP contribution in [0.15, 0.2) is 36.4 Å². The number of ether oxygens (including phenoxy) is 1. The van der Waals surface area contributed by atoms with E-state index in [0.717, 1.165) is 6.07 Å². The van der Waals surface area contributed by atoms with Crippen LogP contribution in [0.5, 0.6) is 0 Å². The van der Waals surface area contributed by atoms with Gasteiger partial charge in [-0.25, -0.2) is 27.3 Å². The number of hydrogen-bond donors (Lipinski definition) is 0. The van der Waals surface area contributed by atoms with Crippen LogP contribution in [-0.4, -0.2) is 17.6 Å². The quantitative estimate of drug-likeness (QED) is 0.299. The molecular weight excluding hydrogens is 338 g/mol. The van der Waals surface area contributed by atoms with E-state index in [1.807, 2.05) is 0 Å². The van der Waals surface area contributed by atoms with Crippen LogP contribution in [0, 0.1) is 23.3 Å². The molecule has 3 rings (SSSR count). The number of aromatic nitrogens is 1. The van der Waals surface area contributed by atoms with Crippen LogP contribution in [0.1, 0.15) is 17.3 Å². The van der Waals surface area contributed by atoms with E-state index < -0.39 is 34.8 Å². The van der Waals surface area contributed by atoms with Crippen LogP contribution in [0.2, 0.25) is 0 Å². The van der Waals surface area contributed by atoms with E-state index >= 15 is 0 Å². The van der Waals surface area contributed by atoms with Gasteiger partial charge in [-0.05, 0) is 25.1 Å². The lowest BCUT2D eigenvalue weighted by Crippen LogP contribution is -2.07. The molecule has 0 aliphatic carbocycles. The minimum absolute atomic E-state index is 0.0620. The first-order chi connectivity index (χ1) is 11.9. The first-order valence-corrected chi connectivity index (χ1v) is 7.34. The summed E-state index contributed by atoms with van der Waals surface area (Å²) in [5.74, 6) is -7.68. The van der Waals surface area contributed by atoms with Crippen LogP contribution in [0.3, 0.4) is 0 Å². The predicted molar refractivity (Wildman–Crippen MR) is 83.0 cm³/mol. The van der Waals surface area contributed by atoms with Gasteiger partial charge in [0.2, 0.25) is 0 Å². The molecule has 0 fully saturated rings. The summed E-state index contributed by atoms with van der Waals surface area (Å²) in [6.45, 7) is 1.73. The van der Waals surface area contributed by atoms with Crippen LogP contribution in [-0.2, 0) is 4.74 Å². The second-order valence-electron chi connectivity index (χ2n) is 5.14. The zero-order valence-corrected chi connectivity index (χ0v) is 12.9. The fourth-order valence-corrected chi connectivity index (χ4v) is 2.45. The highest BCUT2D eigenvalue weighted by atomic mass is 19.2. The SMILES string of the molecule is CCOC(=O)c1cc(-c2cc(F)c(F)c(F)c2F)nc2ccccc12. The molecule has 128 valence electrons. The normalized spacial score (nSPS) is 10.9. The second kappa shape index (κ2) is 6.51. The van der Waals surface area contributed by atoms with E-state index in [9.17, 15) is 22.4 Å². The Morgan fingerprint density at radius 1 is 1.04 bits per heavy atom. The van der Waals surface area contributed by atoms with E-state index in [1.165, 1.54) is 0 Å². The smallest absolute Gasteiger partial charge is 0.338 e. The highest BCUT2D eigenvalue weighted by molar-refractivity contribution is 6.04. The summed E-state index contributed by atoms with van der Waals surface area (Å²) >= 11 is 0. The molecule has 7 heteroatoms. The molecule has 3 nitrogen and oxygen atoms in total. The Balaban J connectivity index is 2.30. The van der Waals surface area contributed by atoms with E-state index in [0.29, 0.717) is 17.0 Å². The Bertz CT molecular complexity index is 988. The van der Waals surface area contributed by atoms with Crippen LogP contribution >= 0.6 is 0 Å². The maximum Gasteiger partial charge on any atom is 0.338 e. The lowest BCUT2D eigenvalue weighted by atomic mass is 10.0. The lowest BCUT2D eigenvalue weighted by Gasteiger charge is -2.10. The molecule has 3 aromatic rings. The van der Waals surface area contributed by atoms with Gasteiger partial charge in [0.15, 0.2) is 23.3 Å². The van der Waals surface area contributed by atoms with E-state index in [2.05, 4.69) is 4.98 Å². The van der Waals surface area contributed by atoms with Crippen LogP contribution in [0.25, 0.3) is 22.2 Å². The number of fused-ring (bicyclic) bond motifs is 1. The van der Waals surface area contributed by atoms with Crippen molar-refractivity contribution >= 4 is 16.9 Å². The summed E-state index contributed by atoms with van der Waals surface area (Å²) in [7, 11) is 0. The van der Waals surface area contributed by atoms with Crippen molar-refractivity contribution < 1.29 is 27.1 Å². The average Bonchev–Trinajstić information content (AvgIpc) is 2.62. The topological polar surface area (TPSA) is 39.2 Å². The number of rotatable bonds is 3. The molecule has 0 aliphatic rings. The van der Waals surface area contributed by atoms with Gasteiger partial charge in [-0.15, -0.1) is 0 Å². The number of benzene rings is 2. The van der Waals surface area contributed by atoms with Gasteiger partial charge in [-0.1, -0.05) is 18.2 Å². The molecule has 0 atom stereocenters. The van der Waals surface area contributed by atoms with Gasteiger partial charge in [0.1, 0.15) is 0 Å². The zero-order valence-electron chi connectivity index (χ0n) is 12.9. The van der Waals surface area contributed by atoms with Gasteiger partial charge >= 0.3 is 5.97 Å². The van der Waals surface area contributed by atoms with Gasteiger partial charge in [-0.3, -0.25) is 0 Å². The molecule has 25 heavy (non-hydrogen) atoms. The number of para-hydroxylation sites is 1. The fraction of sp³-hybridized carbons (Fsp3) is 0.111. The Kier molecular flexibility index (Phi) is 4.39. The Hall–Kier alpha value is -2.96. The summed E-state index contributed by atoms with van der Waals surface area (Å²) in [4.78, 5) is 16.3. The number of halogens is 4. The average molecular weight is 349 g/mol. The minimum atomic E-state index is -1.94. The zero-order chi connectivity index (χ0) is 18.1. The number of esters is 1. The molecule has 0 N–H and O–H groups in total. The maximum atomic E-state index is 14.1. The fourth-order valence-electron chi connectivity index (χ4n) is 2.45. The van der Waals surface area contributed by atoms with Crippen molar-refractivity contribution in [2.24, 2.45) is 0 Å². The summed E-state index contributed by atoms with van der Waals surface area (Å²) in [6.07, 6.45) is 0. The molecule has 0 saturated heterocycles. The second-order valence-corrected chi connectivity index (χ2v) is 5.14. The predicted octanol–water partition coefficient (Wildman–Crippen LogP) is 4.63. The molecule has 0 saturated carbocycles. The molecule has 0 bridgehead atoms. The van der Waals surface area contributed by atoms with Gasteiger partial charge in [-0.2, -0.15) is 0 Å². The molecule has 0 aliphatic heterocycles. The molecule has 1 aromatic heterocycles. The third-order valence-electron chi connectivity index (χ3n) is 3.59. The van der Waals surface area contributed by atoms with E-state index in [1.54, 1.807) is 31.2 Å². The summed E-state index contributed by atoms with van der Waals surface area (Å²) in [6, 6.07) is 8.13. The molecule has 2 aromatic carbocycles. The van der Waals surface area contributed by atoms with Crippen molar-refractivity contribution in [3.8, 4) is 11.3 Å². The maximum absolute atomic E-state index is 14.1. The molecule has 1 heterocycles. The first kappa shape index (κ1) is 16.9. The third-order valence-corrected chi connectivity index (χ3v) is 3.59. The number of carbonyl (C=O) groups excluding carboxylic acids is 1. The number of carbonyl (C=O) groups is 1. The third kappa shape index (κ3) is 2.93. The molecule has 0 amide bonds. The Morgan fingerprint density at radius 2 is 1.76 bits per heavy atom. The van der Waals surface area contributed by atoms with Crippen molar-refractivity contribution in [3.63, 3.8) is 0 Å². The first-order valence-electron chi connectivity index (χ1n) is 7.34. The highest BCUT2D eigenvalue weighted by Gasteiger charge is 2.22. The number of hydrogen-bond acceptors (Lipinski definition) is 3. The van der Waals surface area contributed by atoms with Gasteiger partial charge < -0.3 is 4.74 Å². The largest absolute Gasteiger partial charge is 0.462 e. The molecular formula is C18H11F4NO2. The van der Waals surface area contributed by atoms with Gasteiger partial charge in [0.05, 0.1) is 23.4 Å².